The van der Waals surface area contributed by atoms with E-state index in [2.05, 4.69) is 4.85 Å². The van der Waals surface area contributed by atoms with E-state index < -0.39 is 0 Å². The molecule has 10 heavy (non-hydrogen) atoms. The van der Waals surface area contributed by atoms with Crippen LogP contribution in [0.5, 0.6) is 5.75 Å². The normalized spacial score (nSPS) is 8.80. The fraction of sp³-hybridized carbons (Fsp3) is 0.125. The van der Waals surface area contributed by atoms with Crippen LogP contribution in [-0.2, 0) is 0 Å². The van der Waals surface area contributed by atoms with Crippen LogP contribution in [0.15, 0.2) is 18.2 Å². The fourth-order valence-corrected chi connectivity index (χ4v) is 0.709. The molecule has 0 aromatic heterocycles. The minimum atomic E-state index is 0.243. The van der Waals surface area contributed by atoms with Crippen LogP contribution in [0.25, 0.3) is 4.85 Å². The zero-order valence-electron chi connectivity index (χ0n) is 5.63. The lowest BCUT2D eigenvalue weighted by Crippen LogP contribution is -1.71. The molecule has 0 aliphatic carbocycles. The van der Waals surface area contributed by atoms with Gasteiger partial charge in [0.05, 0.1) is 6.57 Å². The van der Waals surface area contributed by atoms with E-state index in [0.717, 1.165) is 5.56 Å². The Morgan fingerprint density at radius 1 is 1.50 bits per heavy atom. The van der Waals surface area contributed by atoms with Gasteiger partial charge in [-0.25, -0.2) is 4.85 Å². The molecular weight excluding hydrogens is 126 g/mol. The van der Waals surface area contributed by atoms with Crippen molar-refractivity contribution < 1.29 is 5.11 Å². The standard InChI is InChI=1S/C8H7NO/c1-6-5-7(9-2)3-4-8(6)10/h3-5,10H,1H3. The van der Waals surface area contributed by atoms with Crippen molar-refractivity contribution in [2.45, 2.75) is 6.92 Å². The summed E-state index contributed by atoms with van der Waals surface area (Å²) in [4.78, 5) is 3.21. The summed E-state index contributed by atoms with van der Waals surface area (Å²) >= 11 is 0. The Labute approximate surface area is 59.6 Å². The number of phenols is 1. The molecule has 0 unspecified atom stereocenters. The van der Waals surface area contributed by atoms with Crippen molar-refractivity contribution >= 4 is 5.69 Å². The highest BCUT2D eigenvalue weighted by molar-refractivity contribution is 5.50. The van der Waals surface area contributed by atoms with Gasteiger partial charge in [0, 0.05) is 0 Å². The van der Waals surface area contributed by atoms with E-state index in [1.165, 1.54) is 6.07 Å². The molecule has 0 aliphatic rings. The molecule has 1 aromatic carbocycles. The summed E-state index contributed by atoms with van der Waals surface area (Å²) in [6.07, 6.45) is 0. The zero-order chi connectivity index (χ0) is 7.56. The van der Waals surface area contributed by atoms with Crippen molar-refractivity contribution in [3.63, 3.8) is 0 Å². The van der Waals surface area contributed by atoms with Gasteiger partial charge >= 0.3 is 0 Å². The molecule has 1 aromatic rings. The van der Waals surface area contributed by atoms with Crippen molar-refractivity contribution in [2.24, 2.45) is 0 Å². The van der Waals surface area contributed by atoms with E-state index in [1.807, 2.05) is 0 Å². The maximum atomic E-state index is 9.04. The van der Waals surface area contributed by atoms with Crippen LogP contribution in [0.1, 0.15) is 5.56 Å². The number of phenolic OH excluding ortho intramolecular Hbond substituents is 1. The Balaban J connectivity index is 3.20. The first-order valence-corrected chi connectivity index (χ1v) is 2.91. The molecule has 0 radical (unpaired) electrons. The minimum absolute atomic E-state index is 0.243. The fourth-order valence-electron chi connectivity index (χ4n) is 0.709. The highest BCUT2D eigenvalue weighted by Crippen LogP contribution is 2.21. The Morgan fingerprint density at radius 2 is 2.20 bits per heavy atom. The summed E-state index contributed by atoms with van der Waals surface area (Å²) in [6, 6.07) is 4.78. The molecule has 1 rings (SSSR count). The van der Waals surface area contributed by atoms with Crippen LogP contribution in [0.2, 0.25) is 0 Å². The predicted octanol–water partition coefficient (Wildman–Crippen LogP) is 2.25. The Hall–Kier alpha value is -1.49. The molecule has 0 heterocycles. The first-order valence-electron chi connectivity index (χ1n) is 2.91. The van der Waals surface area contributed by atoms with Gasteiger partial charge < -0.3 is 5.11 Å². The third-order valence-corrected chi connectivity index (χ3v) is 1.31. The van der Waals surface area contributed by atoms with E-state index in [9.17, 15) is 0 Å². The van der Waals surface area contributed by atoms with Gasteiger partial charge in [-0.1, -0.05) is 6.07 Å². The van der Waals surface area contributed by atoms with Gasteiger partial charge in [-0.3, -0.25) is 0 Å². The highest BCUT2D eigenvalue weighted by atomic mass is 16.3. The molecule has 0 bridgehead atoms. The van der Waals surface area contributed by atoms with Crippen molar-refractivity contribution in [1.82, 2.24) is 0 Å². The van der Waals surface area contributed by atoms with E-state index in [4.69, 9.17) is 11.7 Å². The van der Waals surface area contributed by atoms with E-state index in [0.29, 0.717) is 5.69 Å². The molecule has 0 aliphatic heterocycles. The number of rotatable bonds is 0. The number of nitrogens with zero attached hydrogens (tertiary/aromatic N) is 1. The number of hydrogen-bond donors (Lipinski definition) is 1. The van der Waals surface area contributed by atoms with Crippen molar-refractivity contribution in [3.05, 3.63) is 35.2 Å². The molecular formula is C8H7NO. The van der Waals surface area contributed by atoms with Crippen LogP contribution in [-0.4, -0.2) is 5.11 Å². The second-order valence-corrected chi connectivity index (χ2v) is 2.08. The first kappa shape index (κ1) is 6.63. The first-order chi connectivity index (χ1) is 4.74. The molecule has 0 atom stereocenters. The van der Waals surface area contributed by atoms with Gasteiger partial charge in [0.2, 0.25) is 0 Å². The number of aryl methyl sites for hydroxylation is 1. The molecule has 0 saturated heterocycles. The summed E-state index contributed by atoms with van der Waals surface area (Å²) in [6.45, 7) is 8.42. The van der Waals surface area contributed by atoms with Crippen molar-refractivity contribution in [3.8, 4) is 5.75 Å². The molecule has 2 nitrogen and oxygen atoms in total. The lowest BCUT2D eigenvalue weighted by molar-refractivity contribution is 0.471. The largest absolute Gasteiger partial charge is 0.508 e. The van der Waals surface area contributed by atoms with E-state index in [1.54, 1.807) is 19.1 Å². The van der Waals surface area contributed by atoms with Gasteiger partial charge in [-0.2, -0.15) is 0 Å². The van der Waals surface area contributed by atoms with Gasteiger partial charge in [-0.05, 0) is 24.6 Å². The molecule has 1 N–H and O–H groups in total. The smallest absolute Gasteiger partial charge is 0.187 e. The van der Waals surface area contributed by atoms with Gasteiger partial charge in [-0.15, -0.1) is 0 Å². The quantitative estimate of drug-likeness (QED) is 0.539. The summed E-state index contributed by atoms with van der Waals surface area (Å²) in [5.74, 6) is 0.243. The molecule has 50 valence electrons. The molecule has 0 fully saturated rings. The lowest BCUT2D eigenvalue weighted by atomic mass is 10.2. The second-order valence-electron chi connectivity index (χ2n) is 2.08. The Morgan fingerprint density at radius 3 is 2.70 bits per heavy atom. The van der Waals surface area contributed by atoms with E-state index in [-0.39, 0.29) is 5.75 Å². The molecule has 0 spiro atoms. The lowest BCUT2D eigenvalue weighted by Gasteiger charge is -1.95. The molecule has 0 amide bonds. The third-order valence-electron chi connectivity index (χ3n) is 1.31. The Bertz CT molecular complexity index is 286. The maximum Gasteiger partial charge on any atom is 0.187 e. The Kier molecular flexibility index (Phi) is 1.59. The van der Waals surface area contributed by atoms with Crippen LogP contribution < -0.4 is 0 Å². The van der Waals surface area contributed by atoms with Gasteiger partial charge in [0.15, 0.2) is 5.69 Å². The highest BCUT2D eigenvalue weighted by Gasteiger charge is 1.94. The summed E-state index contributed by atoms with van der Waals surface area (Å²) < 4.78 is 0. The predicted molar refractivity (Wildman–Crippen MR) is 39.1 cm³/mol. The van der Waals surface area contributed by atoms with Crippen LogP contribution in [0.4, 0.5) is 5.69 Å². The SMILES string of the molecule is [C-]#[N+]c1ccc(O)c(C)c1. The summed E-state index contributed by atoms with van der Waals surface area (Å²) in [7, 11) is 0. The van der Waals surface area contributed by atoms with Gasteiger partial charge in [0.25, 0.3) is 0 Å². The van der Waals surface area contributed by atoms with Crippen molar-refractivity contribution in [1.29, 1.82) is 0 Å². The van der Waals surface area contributed by atoms with Crippen molar-refractivity contribution in [2.75, 3.05) is 0 Å². The van der Waals surface area contributed by atoms with Gasteiger partial charge in [0.1, 0.15) is 5.75 Å². The number of benzene rings is 1. The molecule has 2 heteroatoms. The summed E-state index contributed by atoms with van der Waals surface area (Å²) in [5.41, 5.74) is 1.31. The van der Waals surface area contributed by atoms with Crippen LogP contribution >= 0.6 is 0 Å². The summed E-state index contributed by atoms with van der Waals surface area (Å²) in [5, 5.41) is 9.04. The average molecular weight is 133 g/mol. The second kappa shape index (κ2) is 2.40. The van der Waals surface area contributed by atoms with E-state index >= 15 is 0 Å². The minimum Gasteiger partial charge on any atom is -0.508 e. The molecule has 0 saturated carbocycles. The average Bonchev–Trinajstić information content (AvgIpc) is 1.95. The van der Waals surface area contributed by atoms with Crippen LogP contribution in [0.3, 0.4) is 0 Å². The van der Waals surface area contributed by atoms with Crippen LogP contribution in [0, 0.1) is 13.5 Å². The monoisotopic (exact) mass is 133 g/mol. The number of aromatic hydroxyl groups is 1. The zero-order valence-corrected chi connectivity index (χ0v) is 5.63. The third kappa shape index (κ3) is 1.08. The topological polar surface area (TPSA) is 24.6 Å². The maximum absolute atomic E-state index is 9.04. The number of hydrogen-bond acceptors (Lipinski definition) is 1.